The highest BCUT2D eigenvalue weighted by Gasteiger charge is 2.34. The third kappa shape index (κ3) is 4.19. The summed E-state index contributed by atoms with van der Waals surface area (Å²) < 4.78 is 49.1. The lowest BCUT2D eigenvalue weighted by Gasteiger charge is -2.37. The van der Waals surface area contributed by atoms with Crippen LogP contribution < -0.4 is 0 Å². The molecule has 24 heavy (non-hydrogen) atoms. The number of hydrogen-bond acceptors (Lipinski definition) is 4. The zero-order chi connectivity index (χ0) is 16.9. The Labute approximate surface area is 140 Å². The smallest absolute Gasteiger partial charge is 0.183 e. The van der Waals surface area contributed by atoms with Gasteiger partial charge in [0, 0.05) is 11.5 Å². The van der Waals surface area contributed by atoms with Crippen LogP contribution in [0.25, 0.3) is 0 Å². The van der Waals surface area contributed by atoms with E-state index in [1.54, 1.807) is 0 Å². The Balaban J connectivity index is 1.47. The first kappa shape index (κ1) is 17.5. The first-order chi connectivity index (χ1) is 11.7. The first-order valence-electron chi connectivity index (χ1n) is 8.19. The highest BCUT2D eigenvalue weighted by Crippen LogP contribution is 2.30. The van der Waals surface area contributed by atoms with Crippen LogP contribution in [0.5, 0.6) is 0 Å². The molecular formula is C18H22F2O4. The van der Waals surface area contributed by atoms with Gasteiger partial charge in [-0.15, -0.1) is 6.58 Å². The molecule has 0 radical (unpaired) electrons. The Hall–Kier alpha value is -1.34. The van der Waals surface area contributed by atoms with Crippen LogP contribution in [0.1, 0.15) is 24.7 Å². The molecule has 0 unspecified atom stereocenters. The minimum absolute atomic E-state index is 0.0353. The highest BCUT2D eigenvalue weighted by molar-refractivity contribution is 5.19. The summed E-state index contributed by atoms with van der Waals surface area (Å²) in [5, 5.41) is 0. The molecule has 0 amide bonds. The van der Waals surface area contributed by atoms with E-state index in [0.29, 0.717) is 37.9 Å². The van der Waals surface area contributed by atoms with Gasteiger partial charge < -0.3 is 18.9 Å². The quantitative estimate of drug-likeness (QED) is 0.768. The summed E-state index contributed by atoms with van der Waals surface area (Å²) in [7, 11) is 0. The summed E-state index contributed by atoms with van der Waals surface area (Å²) in [6, 6.07) is 3.62. The van der Waals surface area contributed by atoms with Gasteiger partial charge in [-0.25, -0.2) is 8.78 Å². The average molecular weight is 340 g/mol. The van der Waals surface area contributed by atoms with Crippen molar-refractivity contribution in [2.45, 2.75) is 25.4 Å². The van der Waals surface area contributed by atoms with Crippen molar-refractivity contribution in [3.05, 3.63) is 48.1 Å². The van der Waals surface area contributed by atoms with Crippen LogP contribution in [0.4, 0.5) is 8.78 Å². The standard InChI is InChI=1S/C18H22F2O4/c1-2-3-4-12-8-21-18(22-9-12)14-10-23-17(24-11-14)13-5-6-15(19)16(20)7-13/h2,5-7,12,14,17-18H,1,3-4,8-11H2/t12-,14-,17-,18-. The molecule has 0 aliphatic carbocycles. The van der Waals surface area contributed by atoms with Crippen LogP contribution in [0, 0.1) is 23.5 Å². The molecule has 2 fully saturated rings. The molecule has 2 saturated heterocycles. The first-order valence-corrected chi connectivity index (χ1v) is 8.19. The average Bonchev–Trinajstić information content (AvgIpc) is 2.63. The number of allylic oxidation sites excluding steroid dienone is 1. The Bertz CT molecular complexity index is 550. The van der Waals surface area contributed by atoms with E-state index in [9.17, 15) is 8.78 Å². The van der Waals surface area contributed by atoms with E-state index in [1.165, 1.54) is 6.07 Å². The monoisotopic (exact) mass is 340 g/mol. The summed E-state index contributed by atoms with van der Waals surface area (Å²) in [6.07, 6.45) is 2.81. The fourth-order valence-corrected chi connectivity index (χ4v) is 2.88. The van der Waals surface area contributed by atoms with Crippen molar-refractivity contribution in [2.24, 2.45) is 11.8 Å². The van der Waals surface area contributed by atoms with E-state index in [4.69, 9.17) is 18.9 Å². The minimum atomic E-state index is -0.911. The van der Waals surface area contributed by atoms with E-state index < -0.39 is 17.9 Å². The number of rotatable bonds is 5. The molecule has 2 aliphatic rings. The van der Waals surface area contributed by atoms with E-state index in [0.717, 1.165) is 25.0 Å². The maximum absolute atomic E-state index is 13.3. The van der Waals surface area contributed by atoms with Crippen molar-refractivity contribution < 1.29 is 27.7 Å². The molecule has 0 saturated carbocycles. The minimum Gasteiger partial charge on any atom is -0.352 e. The second-order valence-corrected chi connectivity index (χ2v) is 6.20. The van der Waals surface area contributed by atoms with Gasteiger partial charge in [0.1, 0.15) is 0 Å². The van der Waals surface area contributed by atoms with Gasteiger partial charge in [0.2, 0.25) is 0 Å². The summed E-state index contributed by atoms with van der Waals surface area (Å²) >= 11 is 0. The van der Waals surface area contributed by atoms with Crippen LogP contribution in [-0.4, -0.2) is 32.7 Å². The molecule has 0 aromatic heterocycles. The van der Waals surface area contributed by atoms with Crippen molar-refractivity contribution in [3.8, 4) is 0 Å². The van der Waals surface area contributed by atoms with Gasteiger partial charge in [0.25, 0.3) is 0 Å². The molecule has 132 valence electrons. The van der Waals surface area contributed by atoms with E-state index in [-0.39, 0.29) is 12.2 Å². The fourth-order valence-electron chi connectivity index (χ4n) is 2.88. The Morgan fingerprint density at radius 3 is 2.33 bits per heavy atom. The number of hydrogen-bond donors (Lipinski definition) is 0. The third-order valence-electron chi connectivity index (χ3n) is 4.30. The summed E-state index contributed by atoms with van der Waals surface area (Å²) in [4.78, 5) is 0. The van der Waals surface area contributed by atoms with E-state index >= 15 is 0 Å². The summed E-state index contributed by atoms with van der Waals surface area (Å²) in [6.45, 7) is 5.79. The molecule has 0 N–H and O–H groups in total. The molecule has 0 spiro atoms. The van der Waals surface area contributed by atoms with Gasteiger partial charge in [0.05, 0.1) is 32.3 Å². The Morgan fingerprint density at radius 1 is 1.00 bits per heavy atom. The van der Waals surface area contributed by atoms with Gasteiger partial charge in [-0.3, -0.25) is 0 Å². The second-order valence-electron chi connectivity index (χ2n) is 6.20. The zero-order valence-corrected chi connectivity index (χ0v) is 13.5. The van der Waals surface area contributed by atoms with Crippen molar-refractivity contribution >= 4 is 0 Å². The Morgan fingerprint density at radius 2 is 1.71 bits per heavy atom. The fraction of sp³-hybridized carbons (Fsp3) is 0.556. The number of halogens is 2. The molecule has 1 aromatic rings. The van der Waals surface area contributed by atoms with Crippen molar-refractivity contribution in [1.82, 2.24) is 0 Å². The van der Waals surface area contributed by atoms with Gasteiger partial charge in [-0.1, -0.05) is 12.1 Å². The Kier molecular flexibility index (Phi) is 5.94. The summed E-state index contributed by atoms with van der Waals surface area (Å²) in [5.41, 5.74) is 0.460. The van der Waals surface area contributed by atoms with Crippen LogP contribution in [0.15, 0.2) is 30.9 Å². The van der Waals surface area contributed by atoms with Crippen molar-refractivity contribution in [1.29, 1.82) is 0 Å². The molecule has 2 aliphatic heterocycles. The van der Waals surface area contributed by atoms with Crippen molar-refractivity contribution in [2.75, 3.05) is 26.4 Å². The SMILES string of the molecule is C=CCC[C@H]1CO[C@H]([C@H]2CO[C@H](c3ccc(F)c(F)c3)OC2)OC1. The highest BCUT2D eigenvalue weighted by atomic mass is 19.2. The van der Waals surface area contributed by atoms with Crippen LogP contribution in [-0.2, 0) is 18.9 Å². The van der Waals surface area contributed by atoms with Gasteiger partial charge in [-0.05, 0) is 25.0 Å². The van der Waals surface area contributed by atoms with Crippen LogP contribution in [0.3, 0.4) is 0 Å². The molecule has 2 heterocycles. The molecular weight excluding hydrogens is 318 g/mol. The topological polar surface area (TPSA) is 36.9 Å². The van der Waals surface area contributed by atoms with Gasteiger partial charge >= 0.3 is 0 Å². The molecule has 4 nitrogen and oxygen atoms in total. The van der Waals surface area contributed by atoms with E-state index in [2.05, 4.69) is 6.58 Å². The molecule has 0 bridgehead atoms. The normalized spacial score (nSPS) is 30.9. The zero-order valence-electron chi connectivity index (χ0n) is 13.5. The predicted molar refractivity (Wildman–Crippen MR) is 83.1 cm³/mol. The largest absolute Gasteiger partial charge is 0.352 e. The van der Waals surface area contributed by atoms with Gasteiger partial charge in [-0.2, -0.15) is 0 Å². The maximum Gasteiger partial charge on any atom is 0.183 e. The lowest BCUT2D eigenvalue weighted by atomic mass is 10.0. The second kappa shape index (κ2) is 8.16. The van der Waals surface area contributed by atoms with Crippen molar-refractivity contribution in [3.63, 3.8) is 0 Å². The lowest BCUT2D eigenvalue weighted by molar-refractivity contribution is -0.283. The van der Waals surface area contributed by atoms with Crippen LogP contribution >= 0.6 is 0 Å². The predicted octanol–water partition coefficient (Wildman–Crippen LogP) is 3.58. The van der Waals surface area contributed by atoms with E-state index in [1.807, 2.05) is 6.08 Å². The molecule has 3 rings (SSSR count). The molecule has 6 heteroatoms. The summed E-state index contributed by atoms with van der Waals surface area (Å²) in [5.74, 6) is -1.44. The number of ether oxygens (including phenoxy) is 4. The van der Waals surface area contributed by atoms with Gasteiger partial charge in [0.15, 0.2) is 24.2 Å². The number of benzene rings is 1. The molecule has 0 atom stereocenters. The maximum atomic E-state index is 13.3. The molecule has 1 aromatic carbocycles. The lowest BCUT2D eigenvalue weighted by Crippen LogP contribution is -2.43. The third-order valence-corrected chi connectivity index (χ3v) is 4.30. The van der Waals surface area contributed by atoms with Crippen LogP contribution in [0.2, 0.25) is 0 Å².